The summed E-state index contributed by atoms with van der Waals surface area (Å²) in [7, 11) is 1.29. The Labute approximate surface area is 124 Å². The number of amides is 1. The lowest BCUT2D eigenvalue weighted by Crippen LogP contribution is -2.31. The number of rotatable bonds is 3. The highest BCUT2D eigenvalue weighted by molar-refractivity contribution is 7.80. The van der Waals surface area contributed by atoms with Crippen molar-refractivity contribution >= 4 is 23.2 Å². The van der Waals surface area contributed by atoms with Gasteiger partial charge in [-0.25, -0.2) is 0 Å². The molecule has 8 heteroatoms. The van der Waals surface area contributed by atoms with Crippen LogP contribution in [0.3, 0.4) is 0 Å². The molecule has 1 saturated heterocycles. The summed E-state index contributed by atoms with van der Waals surface area (Å²) in [6.45, 7) is 1.38. The van der Waals surface area contributed by atoms with E-state index in [-0.39, 0.29) is 28.9 Å². The highest BCUT2D eigenvalue weighted by Crippen LogP contribution is 2.35. The highest BCUT2D eigenvalue weighted by atomic mass is 32.1. The van der Waals surface area contributed by atoms with Gasteiger partial charge in [-0.05, 0) is 36.8 Å². The molecular weight excluding hydrogens is 305 g/mol. The predicted octanol–water partition coefficient (Wildman–Crippen LogP) is 2.32. The summed E-state index contributed by atoms with van der Waals surface area (Å²) in [5, 5.41) is 2.86. The molecular formula is C13H13F3N2O2S. The van der Waals surface area contributed by atoms with E-state index in [9.17, 15) is 18.0 Å². The zero-order valence-corrected chi connectivity index (χ0v) is 12.1. The smallest absolute Gasteiger partial charge is 0.416 e. The van der Waals surface area contributed by atoms with E-state index in [1.54, 1.807) is 6.92 Å². The van der Waals surface area contributed by atoms with Crippen molar-refractivity contribution < 1.29 is 22.7 Å². The molecule has 1 aliphatic rings. The SMILES string of the molecule is COc1ccc(CN2C(=O)[C@@H](C)NC2=S)c(C(F)(F)F)c1. The van der Waals surface area contributed by atoms with Crippen LogP contribution >= 0.6 is 12.2 Å². The number of alkyl halides is 3. The van der Waals surface area contributed by atoms with E-state index >= 15 is 0 Å². The van der Waals surface area contributed by atoms with Crippen LogP contribution in [-0.2, 0) is 17.5 Å². The van der Waals surface area contributed by atoms with E-state index in [1.807, 2.05) is 0 Å². The summed E-state index contributed by atoms with van der Waals surface area (Å²) in [6.07, 6.45) is -4.53. The monoisotopic (exact) mass is 318 g/mol. The average molecular weight is 318 g/mol. The van der Waals surface area contributed by atoms with Gasteiger partial charge in [0.2, 0.25) is 0 Å². The molecule has 1 heterocycles. The molecule has 1 fully saturated rings. The maximum absolute atomic E-state index is 13.1. The molecule has 1 N–H and O–H groups in total. The molecule has 0 aromatic heterocycles. The first-order valence-electron chi connectivity index (χ1n) is 6.10. The number of hydrogen-bond acceptors (Lipinski definition) is 3. The van der Waals surface area contributed by atoms with E-state index in [2.05, 4.69) is 5.32 Å². The standard InChI is InChI=1S/C13H13F3N2O2S/c1-7-11(19)18(12(21)17-7)6-8-3-4-9(20-2)5-10(8)13(14,15)16/h3-5,7H,6H2,1-2H3,(H,17,21)/t7-/m1/s1. The second-order valence-electron chi connectivity index (χ2n) is 4.62. The van der Waals surface area contributed by atoms with Crippen molar-refractivity contribution in [3.63, 3.8) is 0 Å². The fraction of sp³-hybridized carbons (Fsp3) is 0.385. The van der Waals surface area contributed by atoms with Gasteiger partial charge in [-0.3, -0.25) is 9.69 Å². The molecule has 114 valence electrons. The maximum Gasteiger partial charge on any atom is 0.416 e. The largest absolute Gasteiger partial charge is 0.497 e. The number of methoxy groups -OCH3 is 1. The third-order valence-electron chi connectivity index (χ3n) is 3.17. The predicted molar refractivity (Wildman–Crippen MR) is 73.7 cm³/mol. The lowest BCUT2D eigenvalue weighted by molar-refractivity contribution is -0.139. The fourth-order valence-electron chi connectivity index (χ4n) is 2.06. The number of nitrogens with one attached hydrogen (secondary N) is 1. The van der Waals surface area contributed by atoms with Crippen molar-refractivity contribution in [1.82, 2.24) is 10.2 Å². The van der Waals surface area contributed by atoms with Crippen molar-refractivity contribution in [3.05, 3.63) is 29.3 Å². The van der Waals surface area contributed by atoms with Crippen LogP contribution in [0.5, 0.6) is 5.75 Å². The van der Waals surface area contributed by atoms with Crippen LogP contribution in [0.25, 0.3) is 0 Å². The zero-order valence-electron chi connectivity index (χ0n) is 11.3. The van der Waals surface area contributed by atoms with Gasteiger partial charge in [-0.1, -0.05) is 6.07 Å². The number of thiocarbonyl (C=S) groups is 1. The minimum Gasteiger partial charge on any atom is -0.497 e. The number of benzene rings is 1. The molecule has 1 amide bonds. The Morgan fingerprint density at radius 1 is 1.43 bits per heavy atom. The number of carbonyl (C=O) groups is 1. The molecule has 2 rings (SSSR count). The molecule has 0 bridgehead atoms. The lowest BCUT2D eigenvalue weighted by atomic mass is 10.1. The molecule has 1 aromatic rings. The summed E-state index contributed by atoms with van der Waals surface area (Å²) in [5.74, 6) is -0.239. The van der Waals surface area contributed by atoms with Crippen molar-refractivity contribution in [1.29, 1.82) is 0 Å². The summed E-state index contributed by atoms with van der Waals surface area (Å²) in [6, 6.07) is 3.10. The number of ether oxygens (including phenoxy) is 1. The Balaban J connectivity index is 2.36. The van der Waals surface area contributed by atoms with Crippen LogP contribution < -0.4 is 10.1 Å². The van der Waals surface area contributed by atoms with Gasteiger partial charge in [0.25, 0.3) is 5.91 Å². The molecule has 1 aromatic carbocycles. The molecule has 21 heavy (non-hydrogen) atoms. The Hall–Kier alpha value is -1.83. The van der Waals surface area contributed by atoms with Crippen molar-refractivity contribution in [2.24, 2.45) is 0 Å². The summed E-state index contributed by atoms with van der Waals surface area (Å²) in [5.41, 5.74) is -0.869. The van der Waals surface area contributed by atoms with Crippen LogP contribution in [0.2, 0.25) is 0 Å². The lowest BCUT2D eigenvalue weighted by Gasteiger charge is -2.19. The summed E-state index contributed by atoms with van der Waals surface area (Å²) in [4.78, 5) is 13.0. The van der Waals surface area contributed by atoms with Gasteiger partial charge in [-0.2, -0.15) is 13.2 Å². The van der Waals surface area contributed by atoms with E-state index in [0.29, 0.717) is 0 Å². The van der Waals surface area contributed by atoms with Crippen LogP contribution in [0.1, 0.15) is 18.1 Å². The number of halogens is 3. The molecule has 1 aliphatic heterocycles. The molecule has 0 saturated carbocycles. The Morgan fingerprint density at radius 3 is 2.57 bits per heavy atom. The minimum absolute atomic E-state index is 0.0325. The first-order chi connectivity index (χ1) is 9.74. The average Bonchev–Trinajstić information content (AvgIpc) is 2.64. The van der Waals surface area contributed by atoms with E-state index in [0.717, 1.165) is 11.0 Å². The fourth-order valence-corrected chi connectivity index (χ4v) is 2.39. The molecule has 4 nitrogen and oxygen atoms in total. The number of carbonyl (C=O) groups excluding carboxylic acids is 1. The third kappa shape index (κ3) is 3.10. The molecule has 1 atom stereocenters. The van der Waals surface area contributed by atoms with Crippen molar-refractivity contribution in [2.75, 3.05) is 7.11 Å². The molecule has 0 spiro atoms. The third-order valence-corrected chi connectivity index (χ3v) is 3.51. The summed E-state index contributed by atoms with van der Waals surface area (Å²) >= 11 is 4.97. The van der Waals surface area contributed by atoms with Crippen molar-refractivity contribution in [3.8, 4) is 5.75 Å². The van der Waals surface area contributed by atoms with Crippen LogP contribution in [0, 0.1) is 0 Å². The second-order valence-corrected chi connectivity index (χ2v) is 5.00. The van der Waals surface area contributed by atoms with Gasteiger partial charge >= 0.3 is 6.18 Å². The van der Waals surface area contributed by atoms with Crippen LogP contribution in [-0.4, -0.2) is 29.1 Å². The van der Waals surface area contributed by atoms with E-state index < -0.39 is 17.8 Å². The van der Waals surface area contributed by atoms with Crippen molar-refractivity contribution in [2.45, 2.75) is 25.7 Å². The Bertz CT molecular complexity index is 589. The van der Waals surface area contributed by atoms with Gasteiger partial charge in [0.15, 0.2) is 5.11 Å². The number of hydrogen-bond donors (Lipinski definition) is 1. The molecule has 0 unspecified atom stereocenters. The van der Waals surface area contributed by atoms with Crippen LogP contribution in [0.4, 0.5) is 13.2 Å². The normalized spacial score (nSPS) is 18.9. The molecule has 0 radical (unpaired) electrons. The maximum atomic E-state index is 13.1. The van der Waals surface area contributed by atoms with Gasteiger partial charge in [0.1, 0.15) is 11.8 Å². The van der Waals surface area contributed by atoms with Gasteiger partial charge < -0.3 is 10.1 Å². The van der Waals surface area contributed by atoms with Gasteiger partial charge in [-0.15, -0.1) is 0 Å². The zero-order chi connectivity index (χ0) is 15.8. The summed E-state index contributed by atoms with van der Waals surface area (Å²) < 4.78 is 44.1. The number of nitrogens with zero attached hydrogens (tertiary/aromatic N) is 1. The molecule has 0 aliphatic carbocycles. The highest BCUT2D eigenvalue weighted by Gasteiger charge is 2.37. The first kappa shape index (κ1) is 15.6. The Morgan fingerprint density at radius 2 is 2.10 bits per heavy atom. The van der Waals surface area contributed by atoms with Gasteiger partial charge in [0.05, 0.1) is 19.2 Å². The Kier molecular flexibility index (Phi) is 4.08. The first-order valence-corrected chi connectivity index (χ1v) is 6.51. The van der Waals surface area contributed by atoms with Crippen LogP contribution in [0.15, 0.2) is 18.2 Å². The quantitative estimate of drug-likeness (QED) is 0.869. The van der Waals surface area contributed by atoms with E-state index in [1.165, 1.54) is 19.2 Å². The second kappa shape index (κ2) is 5.51. The van der Waals surface area contributed by atoms with Gasteiger partial charge in [0, 0.05) is 0 Å². The minimum atomic E-state index is -4.53. The topological polar surface area (TPSA) is 41.6 Å². The van der Waals surface area contributed by atoms with E-state index in [4.69, 9.17) is 17.0 Å².